The molecule has 0 bridgehead atoms. The molecule has 1 aliphatic carbocycles. The van der Waals surface area contributed by atoms with Crippen LogP contribution in [0.3, 0.4) is 0 Å². The van der Waals surface area contributed by atoms with Gasteiger partial charge >= 0.3 is 0 Å². The highest BCUT2D eigenvalue weighted by molar-refractivity contribution is 9.10. The second-order valence-electron chi connectivity index (χ2n) is 4.52. The molecular weight excluding hydrogens is 316 g/mol. The minimum absolute atomic E-state index is 0. The minimum atomic E-state index is 0. The molecule has 1 amide bonds. The Bertz CT molecular complexity index is 410. The van der Waals surface area contributed by atoms with Gasteiger partial charge in [0.2, 0.25) is 5.91 Å². The second kappa shape index (κ2) is 7.12. The number of carbonyl (C=O) groups excluding carboxylic acids is 1. The van der Waals surface area contributed by atoms with Crippen molar-refractivity contribution in [3.8, 4) is 0 Å². The quantitative estimate of drug-likeness (QED) is 0.868. The molecule has 1 fully saturated rings. The van der Waals surface area contributed by atoms with Crippen molar-refractivity contribution in [2.24, 2.45) is 11.7 Å². The number of rotatable bonds is 5. The lowest BCUT2D eigenvalue weighted by Gasteiger charge is -2.16. The highest BCUT2D eigenvalue weighted by Crippen LogP contribution is 2.32. The lowest BCUT2D eigenvalue weighted by Crippen LogP contribution is -2.42. The number of amides is 1. The van der Waals surface area contributed by atoms with Gasteiger partial charge in [-0.15, -0.1) is 12.4 Å². The Kier molecular flexibility index (Phi) is 6.12. The second-order valence-corrected chi connectivity index (χ2v) is 5.37. The first-order valence-electron chi connectivity index (χ1n) is 5.93. The molecule has 1 saturated carbocycles. The summed E-state index contributed by atoms with van der Waals surface area (Å²) >= 11 is 3.44. The van der Waals surface area contributed by atoms with E-state index in [-0.39, 0.29) is 24.4 Å². The molecule has 3 nitrogen and oxygen atoms in total. The van der Waals surface area contributed by atoms with E-state index in [9.17, 15) is 4.79 Å². The third kappa shape index (κ3) is 4.26. The van der Waals surface area contributed by atoms with Crippen LogP contribution in [0.5, 0.6) is 0 Å². The van der Waals surface area contributed by atoms with Gasteiger partial charge in [0.05, 0.1) is 6.42 Å². The number of hydrogen-bond acceptors (Lipinski definition) is 2. The van der Waals surface area contributed by atoms with E-state index in [1.54, 1.807) is 0 Å². The average molecular weight is 334 g/mol. The summed E-state index contributed by atoms with van der Waals surface area (Å²) in [6, 6.07) is 7.94. The summed E-state index contributed by atoms with van der Waals surface area (Å²) in [7, 11) is 0. The van der Waals surface area contributed by atoms with E-state index in [2.05, 4.69) is 21.2 Å². The summed E-state index contributed by atoms with van der Waals surface area (Å²) in [4.78, 5) is 11.9. The van der Waals surface area contributed by atoms with Crippen LogP contribution in [-0.4, -0.2) is 18.5 Å². The summed E-state index contributed by atoms with van der Waals surface area (Å²) in [6.07, 6.45) is 2.79. The fraction of sp³-hybridized carbons (Fsp3) is 0.462. The highest BCUT2D eigenvalue weighted by Gasteiger charge is 2.31. The molecule has 1 atom stereocenters. The molecule has 1 aliphatic rings. The van der Waals surface area contributed by atoms with E-state index < -0.39 is 0 Å². The van der Waals surface area contributed by atoms with Gasteiger partial charge in [-0.05, 0) is 30.4 Å². The number of hydrogen-bond donors (Lipinski definition) is 2. The molecule has 18 heavy (non-hydrogen) atoms. The summed E-state index contributed by atoms with van der Waals surface area (Å²) < 4.78 is 0.978. The molecule has 0 radical (unpaired) electrons. The van der Waals surface area contributed by atoms with E-state index in [1.165, 1.54) is 12.8 Å². The monoisotopic (exact) mass is 332 g/mol. The first-order valence-corrected chi connectivity index (χ1v) is 6.73. The van der Waals surface area contributed by atoms with E-state index in [0.717, 1.165) is 10.0 Å². The molecule has 0 heterocycles. The van der Waals surface area contributed by atoms with Crippen LogP contribution < -0.4 is 11.1 Å². The smallest absolute Gasteiger partial charge is 0.224 e. The Labute approximate surface area is 122 Å². The molecule has 3 N–H and O–H groups in total. The molecule has 0 aromatic heterocycles. The summed E-state index contributed by atoms with van der Waals surface area (Å²) in [6.45, 7) is 0.534. The van der Waals surface area contributed by atoms with E-state index >= 15 is 0 Å². The van der Waals surface area contributed by atoms with Crippen molar-refractivity contribution in [1.82, 2.24) is 5.32 Å². The zero-order valence-corrected chi connectivity index (χ0v) is 12.5. The number of nitrogens with one attached hydrogen (secondary N) is 1. The highest BCUT2D eigenvalue weighted by atomic mass is 79.9. The Balaban J connectivity index is 0.00000162. The normalized spacial score (nSPS) is 15.7. The van der Waals surface area contributed by atoms with Gasteiger partial charge in [-0.25, -0.2) is 0 Å². The molecule has 100 valence electrons. The topological polar surface area (TPSA) is 55.1 Å². The van der Waals surface area contributed by atoms with Crippen LogP contribution in [0.1, 0.15) is 18.4 Å². The van der Waals surface area contributed by atoms with Crippen LogP contribution in [-0.2, 0) is 11.2 Å². The SMILES string of the molecule is Cl.NCC(NC(=O)Cc1ccccc1Br)C1CC1. The third-order valence-corrected chi connectivity index (χ3v) is 3.87. The van der Waals surface area contributed by atoms with Crippen molar-refractivity contribution < 1.29 is 4.79 Å². The standard InChI is InChI=1S/C13H17BrN2O.ClH/c14-11-4-2-1-3-10(11)7-13(17)16-12(8-15)9-5-6-9;/h1-4,9,12H,5-8,15H2,(H,16,17);1H. The van der Waals surface area contributed by atoms with Crippen molar-refractivity contribution >= 4 is 34.2 Å². The molecule has 0 aliphatic heterocycles. The third-order valence-electron chi connectivity index (χ3n) is 3.10. The first-order chi connectivity index (χ1) is 8.20. The Morgan fingerprint density at radius 1 is 1.44 bits per heavy atom. The van der Waals surface area contributed by atoms with Gasteiger partial charge in [-0.2, -0.15) is 0 Å². The Morgan fingerprint density at radius 3 is 2.67 bits per heavy atom. The van der Waals surface area contributed by atoms with Gasteiger partial charge < -0.3 is 11.1 Å². The van der Waals surface area contributed by atoms with Crippen molar-refractivity contribution in [3.63, 3.8) is 0 Å². The van der Waals surface area contributed by atoms with Crippen LogP contribution in [0.4, 0.5) is 0 Å². The largest absolute Gasteiger partial charge is 0.352 e. The predicted molar refractivity (Wildman–Crippen MR) is 78.8 cm³/mol. The summed E-state index contributed by atoms with van der Waals surface area (Å²) in [5.74, 6) is 0.655. The molecule has 2 rings (SSSR count). The lowest BCUT2D eigenvalue weighted by molar-refractivity contribution is -0.121. The zero-order chi connectivity index (χ0) is 12.3. The van der Waals surface area contributed by atoms with Crippen molar-refractivity contribution in [2.75, 3.05) is 6.54 Å². The van der Waals surface area contributed by atoms with Gasteiger partial charge in [-0.1, -0.05) is 34.1 Å². The maximum absolute atomic E-state index is 11.9. The predicted octanol–water partition coefficient (Wildman–Crippen LogP) is 2.27. The van der Waals surface area contributed by atoms with Crippen LogP contribution in [0.25, 0.3) is 0 Å². The van der Waals surface area contributed by atoms with Gasteiger partial charge in [0.15, 0.2) is 0 Å². The molecule has 0 spiro atoms. The lowest BCUT2D eigenvalue weighted by atomic mass is 10.1. The molecule has 1 aromatic rings. The van der Waals surface area contributed by atoms with Gasteiger partial charge in [0, 0.05) is 17.1 Å². The van der Waals surface area contributed by atoms with E-state index in [0.29, 0.717) is 18.9 Å². The number of carbonyl (C=O) groups is 1. The number of halogens is 2. The zero-order valence-electron chi connectivity index (χ0n) is 10.1. The average Bonchev–Trinajstić information content (AvgIpc) is 3.13. The van der Waals surface area contributed by atoms with E-state index in [4.69, 9.17) is 5.73 Å². The fourth-order valence-corrected chi connectivity index (χ4v) is 2.37. The van der Waals surface area contributed by atoms with E-state index in [1.807, 2.05) is 24.3 Å². The molecule has 1 unspecified atom stereocenters. The molecular formula is C13H18BrClN2O. The maximum atomic E-state index is 11.9. The van der Waals surface area contributed by atoms with Gasteiger partial charge in [-0.3, -0.25) is 4.79 Å². The Morgan fingerprint density at radius 2 is 2.11 bits per heavy atom. The van der Waals surface area contributed by atoms with Crippen LogP contribution in [0.2, 0.25) is 0 Å². The maximum Gasteiger partial charge on any atom is 0.224 e. The van der Waals surface area contributed by atoms with Crippen molar-refractivity contribution in [3.05, 3.63) is 34.3 Å². The van der Waals surface area contributed by atoms with Crippen molar-refractivity contribution in [2.45, 2.75) is 25.3 Å². The summed E-state index contributed by atoms with van der Waals surface area (Å²) in [5, 5.41) is 3.02. The van der Waals surface area contributed by atoms with Crippen LogP contribution in [0, 0.1) is 5.92 Å². The molecule has 5 heteroatoms. The Hall–Kier alpha value is -0.580. The molecule has 1 aromatic carbocycles. The van der Waals surface area contributed by atoms with Crippen LogP contribution in [0.15, 0.2) is 28.7 Å². The van der Waals surface area contributed by atoms with Gasteiger partial charge in [0.25, 0.3) is 0 Å². The summed E-state index contributed by atoms with van der Waals surface area (Å²) in [5.41, 5.74) is 6.67. The van der Waals surface area contributed by atoms with Crippen molar-refractivity contribution in [1.29, 1.82) is 0 Å². The molecule has 0 saturated heterocycles. The first kappa shape index (κ1) is 15.5. The number of benzene rings is 1. The minimum Gasteiger partial charge on any atom is -0.352 e. The van der Waals surface area contributed by atoms with Crippen LogP contribution >= 0.6 is 28.3 Å². The fourth-order valence-electron chi connectivity index (χ4n) is 1.94. The van der Waals surface area contributed by atoms with Gasteiger partial charge in [0.1, 0.15) is 0 Å². The number of nitrogens with two attached hydrogens (primary N) is 1.